The normalized spacial score (nSPS) is 19.4. The molecular weight excluding hydrogens is 212 g/mol. The highest BCUT2D eigenvalue weighted by Gasteiger charge is 2.26. The van der Waals surface area contributed by atoms with Crippen LogP contribution in [0.25, 0.3) is 0 Å². The molecule has 1 N–H and O–H groups in total. The van der Waals surface area contributed by atoms with E-state index < -0.39 is 0 Å². The first-order valence-corrected chi connectivity index (χ1v) is 6.43. The molecule has 0 bridgehead atoms. The van der Waals surface area contributed by atoms with Crippen LogP contribution in [0.3, 0.4) is 0 Å². The van der Waals surface area contributed by atoms with Crippen molar-refractivity contribution < 1.29 is 0 Å². The van der Waals surface area contributed by atoms with Crippen LogP contribution in [0.4, 0.5) is 5.82 Å². The highest BCUT2D eigenvalue weighted by atomic mass is 15.3. The number of hydrogen-bond donors (Lipinski definition) is 1. The fraction of sp³-hybridized carbons (Fsp3) is 0.692. The standard InChI is InChI=1S/C13H22N4/c1-4-5-11-6-7-12(16-15-11)17-9-8-14-13(2,3)10-17/h6-7,14H,4-5,8-10H2,1-3H3. The summed E-state index contributed by atoms with van der Waals surface area (Å²) in [4.78, 5) is 2.30. The molecule has 1 aliphatic rings. The van der Waals surface area contributed by atoms with Crippen molar-refractivity contribution in [3.05, 3.63) is 17.8 Å². The SMILES string of the molecule is CCCc1ccc(N2CCNC(C)(C)C2)nn1. The van der Waals surface area contributed by atoms with Gasteiger partial charge in [0.25, 0.3) is 0 Å². The van der Waals surface area contributed by atoms with Crippen LogP contribution in [0.15, 0.2) is 12.1 Å². The molecular formula is C13H22N4. The van der Waals surface area contributed by atoms with Gasteiger partial charge in [-0.1, -0.05) is 13.3 Å². The maximum atomic E-state index is 4.33. The molecule has 0 aliphatic carbocycles. The quantitative estimate of drug-likeness (QED) is 0.863. The number of nitrogens with zero attached hydrogens (tertiary/aromatic N) is 3. The van der Waals surface area contributed by atoms with Crippen molar-refractivity contribution >= 4 is 5.82 Å². The Kier molecular flexibility index (Phi) is 3.62. The first kappa shape index (κ1) is 12.3. The van der Waals surface area contributed by atoms with Crippen LogP contribution < -0.4 is 10.2 Å². The van der Waals surface area contributed by atoms with Gasteiger partial charge in [0.05, 0.1) is 5.69 Å². The van der Waals surface area contributed by atoms with Crippen LogP contribution in [-0.4, -0.2) is 35.4 Å². The molecule has 1 aromatic heterocycles. The number of anilines is 1. The van der Waals surface area contributed by atoms with Crippen molar-refractivity contribution in [3.8, 4) is 0 Å². The lowest BCUT2D eigenvalue weighted by atomic mass is 10.0. The molecule has 2 rings (SSSR count). The molecule has 4 heteroatoms. The van der Waals surface area contributed by atoms with Crippen molar-refractivity contribution in [2.75, 3.05) is 24.5 Å². The molecule has 2 heterocycles. The summed E-state index contributed by atoms with van der Waals surface area (Å²) in [5, 5.41) is 12.1. The first-order valence-electron chi connectivity index (χ1n) is 6.43. The third kappa shape index (κ3) is 3.16. The summed E-state index contributed by atoms with van der Waals surface area (Å²) in [5.41, 5.74) is 1.24. The van der Waals surface area contributed by atoms with Gasteiger partial charge >= 0.3 is 0 Å². The Morgan fingerprint density at radius 3 is 2.76 bits per heavy atom. The Morgan fingerprint density at radius 1 is 1.35 bits per heavy atom. The summed E-state index contributed by atoms with van der Waals surface area (Å²) >= 11 is 0. The monoisotopic (exact) mass is 234 g/mol. The average Bonchev–Trinajstić information content (AvgIpc) is 2.29. The van der Waals surface area contributed by atoms with Gasteiger partial charge in [0, 0.05) is 25.2 Å². The number of aromatic nitrogens is 2. The minimum absolute atomic E-state index is 0.155. The molecule has 17 heavy (non-hydrogen) atoms. The van der Waals surface area contributed by atoms with Gasteiger partial charge in [-0.25, -0.2) is 0 Å². The van der Waals surface area contributed by atoms with Gasteiger partial charge in [0.15, 0.2) is 5.82 Å². The minimum Gasteiger partial charge on any atom is -0.352 e. The van der Waals surface area contributed by atoms with Gasteiger partial charge in [0.1, 0.15) is 0 Å². The van der Waals surface area contributed by atoms with Crippen LogP contribution in [0, 0.1) is 0 Å². The van der Waals surface area contributed by atoms with Gasteiger partial charge in [-0.05, 0) is 32.4 Å². The van der Waals surface area contributed by atoms with Crippen molar-refractivity contribution in [3.63, 3.8) is 0 Å². The molecule has 0 aromatic carbocycles. The molecule has 94 valence electrons. The van der Waals surface area contributed by atoms with Crippen molar-refractivity contribution in [2.45, 2.75) is 39.2 Å². The molecule has 1 fully saturated rings. The van der Waals surface area contributed by atoms with E-state index in [1.54, 1.807) is 0 Å². The highest BCUT2D eigenvalue weighted by molar-refractivity contribution is 5.39. The lowest BCUT2D eigenvalue weighted by Gasteiger charge is -2.39. The largest absolute Gasteiger partial charge is 0.352 e. The molecule has 4 nitrogen and oxygen atoms in total. The van der Waals surface area contributed by atoms with E-state index >= 15 is 0 Å². The summed E-state index contributed by atoms with van der Waals surface area (Å²) in [6.07, 6.45) is 2.13. The summed E-state index contributed by atoms with van der Waals surface area (Å²) in [6, 6.07) is 4.19. The highest BCUT2D eigenvalue weighted by Crippen LogP contribution is 2.17. The second-order valence-electron chi connectivity index (χ2n) is 5.37. The lowest BCUT2D eigenvalue weighted by Crippen LogP contribution is -2.57. The zero-order chi connectivity index (χ0) is 12.3. The smallest absolute Gasteiger partial charge is 0.151 e. The van der Waals surface area contributed by atoms with E-state index in [9.17, 15) is 0 Å². The molecule has 0 unspecified atom stereocenters. The fourth-order valence-corrected chi connectivity index (χ4v) is 2.25. The third-order valence-corrected chi connectivity index (χ3v) is 3.11. The van der Waals surface area contributed by atoms with Crippen molar-refractivity contribution in [1.29, 1.82) is 0 Å². The minimum atomic E-state index is 0.155. The van der Waals surface area contributed by atoms with E-state index in [0.717, 1.165) is 44.0 Å². The Bertz CT molecular complexity index is 358. The Labute approximate surface area is 103 Å². The van der Waals surface area contributed by atoms with Crippen LogP contribution >= 0.6 is 0 Å². The lowest BCUT2D eigenvalue weighted by molar-refractivity contribution is 0.351. The summed E-state index contributed by atoms with van der Waals surface area (Å²) in [5.74, 6) is 0.999. The summed E-state index contributed by atoms with van der Waals surface area (Å²) in [7, 11) is 0. The van der Waals surface area contributed by atoms with E-state index in [1.807, 2.05) is 0 Å². The second kappa shape index (κ2) is 5.00. The number of nitrogens with one attached hydrogen (secondary N) is 1. The fourth-order valence-electron chi connectivity index (χ4n) is 2.25. The van der Waals surface area contributed by atoms with Gasteiger partial charge in [0.2, 0.25) is 0 Å². The van der Waals surface area contributed by atoms with E-state index in [4.69, 9.17) is 0 Å². The van der Waals surface area contributed by atoms with Crippen LogP contribution in [-0.2, 0) is 6.42 Å². The van der Waals surface area contributed by atoms with E-state index in [1.165, 1.54) is 0 Å². The van der Waals surface area contributed by atoms with Gasteiger partial charge in [-0.3, -0.25) is 0 Å². The van der Waals surface area contributed by atoms with Crippen LogP contribution in [0.2, 0.25) is 0 Å². The number of aryl methyl sites for hydroxylation is 1. The number of rotatable bonds is 3. The second-order valence-corrected chi connectivity index (χ2v) is 5.37. The molecule has 1 aromatic rings. The number of piperazine rings is 1. The zero-order valence-electron chi connectivity index (χ0n) is 11.0. The molecule has 0 atom stereocenters. The Balaban J connectivity index is 2.06. The van der Waals surface area contributed by atoms with Crippen molar-refractivity contribution in [1.82, 2.24) is 15.5 Å². The summed E-state index contributed by atoms with van der Waals surface area (Å²) < 4.78 is 0. The van der Waals surface area contributed by atoms with Crippen molar-refractivity contribution in [2.24, 2.45) is 0 Å². The topological polar surface area (TPSA) is 41.0 Å². The van der Waals surface area contributed by atoms with E-state index in [0.29, 0.717) is 0 Å². The van der Waals surface area contributed by atoms with E-state index in [-0.39, 0.29) is 5.54 Å². The zero-order valence-corrected chi connectivity index (χ0v) is 11.0. The maximum absolute atomic E-state index is 4.33. The molecule has 0 amide bonds. The molecule has 0 spiro atoms. The van der Waals surface area contributed by atoms with E-state index in [2.05, 4.69) is 53.3 Å². The average molecular weight is 234 g/mol. The summed E-state index contributed by atoms with van der Waals surface area (Å²) in [6.45, 7) is 9.59. The van der Waals surface area contributed by atoms with Crippen LogP contribution in [0.1, 0.15) is 32.9 Å². The molecule has 0 saturated carbocycles. The predicted octanol–water partition coefficient (Wildman–Crippen LogP) is 1.62. The Hall–Kier alpha value is -1.16. The van der Waals surface area contributed by atoms with Gasteiger partial charge < -0.3 is 10.2 Å². The molecule has 1 saturated heterocycles. The number of hydrogen-bond acceptors (Lipinski definition) is 4. The molecule has 1 aliphatic heterocycles. The Morgan fingerprint density at radius 2 is 2.18 bits per heavy atom. The van der Waals surface area contributed by atoms with Crippen LogP contribution in [0.5, 0.6) is 0 Å². The van der Waals surface area contributed by atoms with Gasteiger partial charge in [-0.15, -0.1) is 5.10 Å². The van der Waals surface area contributed by atoms with Gasteiger partial charge in [-0.2, -0.15) is 5.10 Å². The first-order chi connectivity index (χ1) is 8.11. The third-order valence-electron chi connectivity index (χ3n) is 3.11. The predicted molar refractivity (Wildman–Crippen MR) is 70.3 cm³/mol. The maximum Gasteiger partial charge on any atom is 0.151 e. The molecule has 0 radical (unpaired) electrons.